The molecule has 0 spiro atoms. The molecule has 0 aliphatic heterocycles. The molecule has 3 heteroatoms. The maximum Gasteiger partial charge on any atom is 0.309 e. The first-order valence-electron chi connectivity index (χ1n) is 7.60. The second-order valence-corrected chi connectivity index (χ2v) is 5.41. The van der Waals surface area contributed by atoms with Gasteiger partial charge in [-0.05, 0) is 25.7 Å². The lowest BCUT2D eigenvalue weighted by Gasteiger charge is -2.16. The molecular formula is C15H28O3. The molecule has 1 saturated carbocycles. The van der Waals surface area contributed by atoms with Gasteiger partial charge in [0, 0.05) is 6.61 Å². The molecule has 0 bridgehead atoms. The second-order valence-electron chi connectivity index (χ2n) is 5.41. The molecule has 0 aromatic rings. The number of carboxylic acids is 1. The predicted molar refractivity (Wildman–Crippen MR) is 72.7 cm³/mol. The maximum absolute atomic E-state index is 11.0. The molecule has 0 radical (unpaired) electrons. The Morgan fingerprint density at radius 1 is 1.11 bits per heavy atom. The lowest BCUT2D eigenvalue weighted by molar-refractivity contribution is -0.146. The van der Waals surface area contributed by atoms with Crippen molar-refractivity contribution in [2.24, 2.45) is 5.92 Å². The highest BCUT2D eigenvalue weighted by molar-refractivity contribution is 5.71. The van der Waals surface area contributed by atoms with E-state index in [4.69, 9.17) is 9.84 Å². The third-order valence-electron chi connectivity index (χ3n) is 3.85. The second kappa shape index (κ2) is 9.37. The van der Waals surface area contributed by atoms with E-state index in [1.54, 1.807) is 0 Å². The predicted octanol–water partition coefficient (Wildman–Crippen LogP) is 4.01. The van der Waals surface area contributed by atoms with Crippen molar-refractivity contribution in [3.63, 3.8) is 0 Å². The summed E-state index contributed by atoms with van der Waals surface area (Å²) in [4.78, 5) is 11.0. The molecule has 18 heavy (non-hydrogen) atoms. The zero-order valence-electron chi connectivity index (χ0n) is 11.7. The van der Waals surface area contributed by atoms with Gasteiger partial charge in [0.1, 0.15) is 0 Å². The third-order valence-corrected chi connectivity index (χ3v) is 3.85. The number of aliphatic carboxylic acids is 1. The minimum Gasteiger partial charge on any atom is -0.481 e. The largest absolute Gasteiger partial charge is 0.481 e. The molecule has 1 aliphatic rings. The van der Waals surface area contributed by atoms with Crippen molar-refractivity contribution >= 4 is 5.97 Å². The lowest BCUT2D eigenvalue weighted by atomic mass is 10.1. The van der Waals surface area contributed by atoms with Crippen molar-refractivity contribution in [3.05, 3.63) is 0 Å². The first-order valence-corrected chi connectivity index (χ1v) is 7.60. The highest BCUT2D eigenvalue weighted by Crippen LogP contribution is 2.28. The molecule has 0 saturated heterocycles. The average molecular weight is 256 g/mol. The van der Waals surface area contributed by atoms with Gasteiger partial charge in [0.25, 0.3) is 0 Å². The van der Waals surface area contributed by atoms with Crippen LogP contribution in [-0.4, -0.2) is 23.8 Å². The van der Waals surface area contributed by atoms with Crippen LogP contribution in [0.3, 0.4) is 0 Å². The molecule has 0 aromatic heterocycles. The summed E-state index contributed by atoms with van der Waals surface area (Å²) in [7, 11) is 0. The summed E-state index contributed by atoms with van der Waals surface area (Å²) < 4.78 is 5.72. The molecule has 1 aliphatic carbocycles. The number of hydrogen-bond donors (Lipinski definition) is 1. The number of carboxylic acid groups (broad SMARTS) is 1. The summed E-state index contributed by atoms with van der Waals surface area (Å²) in [6, 6.07) is 0. The van der Waals surface area contributed by atoms with E-state index >= 15 is 0 Å². The molecule has 3 nitrogen and oxygen atoms in total. The fourth-order valence-electron chi connectivity index (χ4n) is 2.70. The Hall–Kier alpha value is -0.570. The summed E-state index contributed by atoms with van der Waals surface area (Å²) in [5, 5.41) is 9.03. The number of rotatable bonds is 10. The summed E-state index contributed by atoms with van der Waals surface area (Å²) in [5.41, 5.74) is 0. The van der Waals surface area contributed by atoms with Crippen LogP contribution in [0, 0.1) is 5.92 Å². The van der Waals surface area contributed by atoms with Gasteiger partial charge in [0.15, 0.2) is 0 Å². The zero-order chi connectivity index (χ0) is 13.2. The number of unbranched alkanes of at least 4 members (excludes halogenated alkanes) is 6. The molecule has 106 valence electrons. The standard InChI is InChI=1S/C15H28O3/c1-2-3-4-5-6-7-8-12-18-14-11-9-10-13(14)15(16)17/h13-14H,2-12H2,1H3,(H,16,17). The van der Waals surface area contributed by atoms with Crippen molar-refractivity contribution in [2.45, 2.75) is 77.2 Å². The van der Waals surface area contributed by atoms with Crippen LogP contribution in [0.1, 0.15) is 71.1 Å². The van der Waals surface area contributed by atoms with Gasteiger partial charge in [-0.25, -0.2) is 0 Å². The van der Waals surface area contributed by atoms with Crippen LogP contribution >= 0.6 is 0 Å². The van der Waals surface area contributed by atoms with Crippen molar-refractivity contribution in [1.82, 2.24) is 0 Å². The summed E-state index contributed by atoms with van der Waals surface area (Å²) in [6.45, 7) is 2.97. The molecule has 2 atom stereocenters. The van der Waals surface area contributed by atoms with Crippen LogP contribution in [-0.2, 0) is 9.53 Å². The highest BCUT2D eigenvalue weighted by atomic mass is 16.5. The van der Waals surface area contributed by atoms with Crippen LogP contribution in [0.15, 0.2) is 0 Å². The minimum absolute atomic E-state index is 0.0254. The Labute approximate surface area is 111 Å². The van der Waals surface area contributed by atoms with E-state index in [2.05, 4.69) is 6.92 Å². The Morgan fingerprint density at radius 3 is 2.44 bits per heavy atom. The van der Waals surface area contributed by atoms with Gasteiger partial charge >= 0.3 is 5.97 Å². The molecule has 1 N–H and O–H groups in total. The SMILES string of the molecule is CCCCCCCCCOC1CCCC1C(=O)O. The monoisotopic (exact) mass is 256 g/mol. The average Bonchev–Trinajstić information content (AvgIpc) is 2.81. The van der Waals surface area contributed by atoms with Crippen LogP contribution in [0.25, 0.3) is 0 Å². The molecule has 1 fully saturated rings. The van der Waals surface area contributed by atoms with Crippen molar-refractivity contribution < 1.29 is 14.6 Å². The van der Waals surface area contributed by atoms with Gasteiger partial charge in [-0.3, -0.25) is 4.79 Å². The van der Waals surface area contributed by atoms with Crippen molar-refractivity contribution in [3.8, 4) is 0 Å². The quantitative estimate of drug-likeness (QED) is 0.601. The first kappa shape index (κ1) is 15.5. The van der Waals surface area contributed by atoms with E-state index in [1.165, 1.54) is 38.5 Å². The first-order chi connectivity index (χ1) is 8.75. The molecule has 0 heterocycles. The van der Waals surface area contributed by atoms with Crippen LogP contribution in [0.2, 0.25) is 0 Å². The number of ether oxygens (including phenoxy) is 1. The smallest absolute Gasteiger partial charge is 0.309 e. The van der Waals surface area contributed by atoms with E-state index in [0.29, 0.717) is 0 Å². The van der Waals surface area contributed by atoms with Crippen LogP contribution in [0.4, 0.5) is 0 Å². The Morgan fingerprint density at radius 2 is 1.78 bits per heavy atom. The van der Waals surface area contributed by atoms with E-state index in [-0.39, 0.29) is 12.0 Å². The van der Waals surface area contributed by atoms with Crippen molar-refractivity contribution in [2.75, 3.05) is 6.61 Å². The van der Waals surface area contributed by atoms with E-state index in [1.807, 2.05) is 0 Å². The summed E-state index contributed by atoms with van der Waals surface area (Å²) in [6.07, 6.45) is 11.6. The molecular weight excluding hydrogens is 228 g/mol. The highest BCUT2D eigenvalue weighted by Gasteiger charge is 2.33. The van der Waals surface area contributed by atoms with E-state index < -0.39 is 5.97 Å². The molecule has 2 unspecified atom stereocenters. The van der Waals surface area contributed by atoms with Crippen LogP contribution < -0.4 is 0 Å². The number of hydrogen-bond acceptors (Lipinski definition) is 2. The fourth-order valence-corrected chi connectivity index (χ4v) is 2.70. The summed E-state index contributed by atoms with van der Waals surface area (Å²) >= 11 is 0. The normalized spacial score (nSPS) is 23.4. The molecule has 1 rings (SSSR count). The van der Waals surface area contributed by atoms with Gasteiger partial charge < -0.3 is 9.84 Å². The van der Waals surface area contributed by atoms with Crippen LogP contribution in [0.5, 0.6) is 0 Å². The maximum atomic E-state index is 11.0. The van der Waals surface area contributed by atoms with Gasteiger partial charge in [-0.1, -0.05) is 45.4 Å². The van der Waals surface area contributed by atoms with Gasteiger partial charge in [0.05, 0.1) is 12.0 Å². The van der Waals surface area contributed by atoms with E-state index in [0.717, 1.165) is 32.3 Å². The Balaban J connectivity index is 1.96. The van der Waals surface area contributed by atoms with Crippen molar-refractivity contribution in [1.29, 1.82) is 0 Å². The topological polar surface area (TPSA) is 46.5 Å². The number of carbonyl (C=O) groups is 1. The lowest BCUT2D eigenvalue weighted by Crippen LogP contribution is -2.25. The molecule has 0 amide bonds. The van der Waals surface area contributed by atoms with Gasteiger partial charge in [-0.15, -0.1) is 0 Å². The van der Waals surface area contributed by atoms with Gasteiger partial charge in [-0.2, -0.15) is 0 Å². The fraction of sp³-hybridized carbons (Fsp3) is 0.933. The minimum atomic E-state index is -0.683. The Kier molecular flexibility index (Phi) is 8.06. The third kappa shape index (κ3) is 5.85. The Bertz CT molecular complexity index is 228. The van der Waals surface area contributed by atoms with E-state index in [9.17, 15) is 4.79 Å². The zero-order valence-corrected chi connectivity index (χ0v) is 11.7. The molecule has 0 aromatic carbocycles. The summed E-state index contributed by atoms with van der Waals surface area (Å²) in [5.74, 6) is -0.938. The van der Waals surface area contributed by atoms with Gasteiger partial charge in [0.2, 0.25) is 0 Å².